The molecule has 128 valence electrons. The molecule has 0 saturated carbocycles. The first-order valence-electron chi connectivity index (χ1n) is 8.47. The molecular weight excluding hydrogens is 317 g/mol. The van der Waals surface area contributed by atoms with Gasteiger partial charge in [0.15, 0.2) is 0 Å². The predicted molar refractivity (Wildman–Crippen MR) is 95.4 cm³/mol. The van der Waals surface area contributed by atoms with Crippen molar-refractivity contribution in [2.24, 2.45) is 0 Å². The number of carbonyl (C=O) groups is 1. The van der Waals surface area contributed by atoms with Gasteiger partial charge < -0.3 is 9.78 Å². The second-order valence-electron chi connectivity index (χ2n) is 6.53. The average Bonchev–Trinajstić information content (AvgIpc) is 2.99. The Kier molecular flexibility index (Phi) is 4.34. The second kappa shape index (κ2) is 6.78. The minimum atomic E-state index is -0.305. The number of H-pyrrole nitrogens is 1. The van der Waals surface area contributed by atoms with E-state index in [1.54, 1.807) is 0 Å². The number of hydrogen-bond acceptors (Lipinski definition) is 3. The first-order chi connectivity index (χ1) is 12.2. The van der Waals surface area contributed by atoms with Gasteiger partial charge in [-0.25, -0.2) is 0 Å². The number of aromatic nitrogens is 1. The highest BCUT2D eigenvalue weighted by Gasteiger charge is 2.29. The molecule has 0 aliphatic carbocycles. The first kappa shape index (κ1) is 16.0. The molecule has 2 heterocycles. The Morgan fingerprint density at radius 3 is 2.72 bits per heavy atom. The number of hydrogen-bond donors (Lipinski definition) is 1. The molecule has 0 fully saturated rings. The van der Waals surface area contributed by atoms with E-state index in [9.17, 15) is 9.28 Å². The summed E-state index contributed by atoms with van der Waals surface area (Å²) in [7, 11) is 0. The molecule has 1 aliphatic heterocycles. The molecular formula is C20H20FN3O. The summed E-state index contributed by atoms with van der Waals surface area (Å²) in [5.74, 6) is 0. The highest BCUT2D eigenvalue weighted by atomic mass is 19.2. The monoisotopic (exact) mass is 337 g/mol. The summed E-state index contributed by atoms with van der Waals surface area (Å²) in [4.78, 5) is 16.9. The fourth-order valence-electron chi connectivity index (χ4n) is 3.60. The summed E-state index contributed by atoms with van der Waals surface area (Å²) >= 11 is 0. The van der Waals surface area contributed by atoms with Crippen LogP contribution in [0.25, 0.3) is 10.9 Å². The molecule has 5 heteroatoms. The van der Waals surface area contributed by atoms with Gasteiger partial charge in [0.1, 0.15) is 6.29 Å². The zero-order valence-electron chi connectivity index (χ0n) is 13.9. The SMILES string of the molecule is O=C[C@@H]1Cc2c([nH]c3ccccc23)CN1CN(F)Cc1ccccc1. The predicted octanol–water partition coefficient (Wildman–Crippen LogP) is 3.44. The van der Waals surface area contributed by atoms with Crippen LogP contribution in [0.5, 0.6) is 0 Å². The number of fused-ring (bicyclic) bond motifs is 3. The molecule has 0 saturated heterocycles. The lowest BCUT2D eigenvalue weighted by molar-refractivity contribution is -0.117. The Labute approximate surface area is 145 Å². The van der Waals surface area contributed by atoms with Crippen LogP contribution in [0.3, 0.4) is 0 Å². The number of para-hydroxylation sites is 1. The highest BCUT2D eigenvalue weighted by molar-refractivity contribution is 5.85. The number of rotatable bonds is 5. The van der Waals surface area contributed by atoms with Crippen molar-refractivity contribution in [1.29, 1.82) is 0 Å². The van der Waals surface area contributed by atoms with Crippen molar-refractivity contribution in [2.45, 2.75) is 25.6 Å². The van der Waals surface area contributed by atoms with Gasteiger partial charge in [-0.3, -0.25) is 4.90 Å². The van der Waals surface area contributed by atoms with Gasteiger partial charge in [-0.15, -0.1) is 9.60 Å². The smallest absolute Gasteiger partial charge is 0.137 e. The fourth-order valence-corrected chi connectivity index (χ4v) is 3.60. The summed E-state index contributed by atoms with van der Waals surface area (Å²) in [6, 6.07) is 17.3. The maximum absolute atomic E-state index is 14.4. The summed E-state index contributed by atoms with van der Waals surface area (Å²) < 4.78 is 14.4. The van der Waals surface area contributed by atoms with Crippen molar-refractivity contribution in [3.63, 3.8) is 0 Å². The average molecular weight is 337 g/mol. The molecule has 2 aromatic carbocycles. The Bertz CT molecular complexity index is 877. The second-order valence-corrected chi connectivity index (χ2v) is 6.53. The third kappa shape index (κ3) is 3.21. The maximum Gasteiger partial charge on any atom is 0.137 e. The Balaban J connectivity index is 1.52. The standard InChI is InChI=1S/C20H20FN3O/c21-24(11-15-6-2-1-3-7-15)14-23-12-20-18(10-16(23)13-25)17-8-4-5-9-19(17)22-20/h1-9,13,16,22H,10-12,14H2/t16-/m0/s1. The molecule has 0 unspecified atom stereocenters. The van der Waals surface area contributed by atoms with Gasteiger partial charge in [0.05, 0.1) is 19.3 Å². The summed E-state index contributed by atoms with van der Waals surface area (Å²) in [5, 5.41) is 1.92. The van der Waals surface area contributed by atoms with E-state index in [-0.39, 0.29) is 19.3 Å². The van der Waals surface area contributed by atoms with Crippen molar-refractivity contribution in [3.05, 3.63) is 71.4 Å². The van der Waals surface area contributed by atoms with Gasteiger partial charge in [-0.1, -0.05) is 48.5 Å². The maximum atomic E-state index is 14.4. The van der Waals surface area contributed by atoms with E-state index in [1.807, 2.05) is 53.4 Å². The van der Waals surface area contributed by atoms with Crippen molar-refractivity contribution >= 4 is 17.2 Å². The van der Waals surface area contributed by atoms with E-state index in [4.69, 9.17) is 0 Å². The van der Waals surface area contributed by atoms with Gasteiger partial charge in [0.2, 0.25) is 0 Å². The Morgan fingerprint density at radius 2 is 1.92 bits per heavy atom. The Hall–Kier alpha value is -2.50. The normalized spacial score (nSPS) is 17.8. The lowest BCUT2D eigenvalue weighted by atomic mass is 9.98. The van der Waals surface area contributed by atoms with Gasteiger partial charge in [0, 0.05) is 23.1 Å². The van der Waals surface area contributed by atoms with Crippen molar-refractivity contribution < 1.29 is 9.28 Å². The largest absolute Gasteiger partial charge is 0.357 e. The summed E-state index contributed by atoms with van der Waals surface area (Å²) in [6.07, 6.45) is 1.54. The van der Waals surface area contributed by atoms with E-state index < -0.39 is 0 Å². The van der Waals surface area contributed by atoms with Gasteiger partial charge >= 0.3 is 0 Å². The first-order valence-corrected chi connectivity index (χ1v) is 8.47. The van der Waals surface area contributed by atoms with Crippen molar-refractivity contribution in [1.82, 2.24) is 15.0 Å². The molecule has 0 spiro atoms. The molecule has 4 nitrogen and oxygen atoms in total. The number of carbonyl (C=O) groups excluding carboxylic acids is 1. The third-order valence-corrected chi connectivity index (χ3v) is 4.83. The van der Waals surface area contributed by atoms with Gasteiger partial charge in [-0.2, -0.15) is 0 Å². The van der Waals surface area contributed by atoms with E-state index in [1.165, 1.54) is 5.56 Å². The molecule has 1 N–H and O–H groups in total. The van der Waals surface area contributed by atoms with Crippen LogP contribution in [-0.4, -0.2) is 34.0 Å². The number of aldehydes is 1. The fraction of sp³-hybridized carbons (Fsp3) is 0.250. The van der Waals surface area contributed by atoms with E-state index in [0.717, 1.165) is 33.6 Å². The molecule has 25 heavy (non-hydrogen) atoms. The molecule has 0 bridgehead atoms. The summed E-state index contributed by atoms with van der Waals surface area (Å²) in [5.41, 5.74) is 4.24. The van der Waals surface area contributed by atoms with Crippen molar-refractivity contribution in [2.75, 3.05) is 6.67 Å². The summed E-state index contributed by atoms with van der Waals surface area (Å²) in [6.45, 7) is 0.859. The Morgan fingerprint density at radius 1 is 1.16 bits per heavy atom. The lowest BCUT2D eigenvalue weighted by Crippen LogP contribution is -2.45. The van der Waals surface area contributed by atoms with Crippen LogP contribution in [0.1, 0.15) is 16.8 Å². The highest BCUT2D eigenvalue weighted by Crippen LogP contribution is 2.29. The molecule has 0 amide bonds. The number of halogens is 1. The van der Waals surface area contributed by atoms with Gasteiger partial charge in [0.25, 0.3) is 0 Å². The van der Waals surface area contributed by atoms with Gasteiger partial charge in [-0.05, 0) is 23.6 Å². The zero-order chi connectivity index (χ0) is 17.2. The van der Waals surface area contributed by atoms with Crippen molar-refractivity contribution in [3.8, 4) is 0 Å². The third-order valence-electron chi connectivity index (χ3n) is 4.83. The van der Waals surface area contributed by atoms with Crippen LogP contribution in [0, 0.1) is 0 Å². The molecule has 1 aliphatic rings. The lowest BCUT2D eigenvalue weighted by Gasteiger charge is -2.33. The number of nitrogens with one attached hydrogen (secondary N) is 1. The number of aromatic amines is 1. The molecule has 1 aromatic heterocycles. The molecule has 1 atom stereocenters. The topological polar surface area (TPSA) is 39.3 Å². The minimum Gasteiger partial charge on any atom is -0.357 e. The molecule has 0 radical (unpaired) electrons. The molecule has 4 rings (SSSR count). The minimum absolute atomic E-state index is 0.104. The van der Waals surface area contributed by atoms with Crippen LogP contribution in [0.2, 0.25) is 0 Å². The van der Waals surface area contributed by atoms with Crippen LogP contribution in [-0.2, 0) is 24.3 Å². The van der Waals surface area contributed by atoms with Crippen LogP contribution in [0.4, 0.5) is 4.48 Å². The van der Waals surface area contributed by atoms with Crippen LogP contribution >= 0.6 is 0 Å². The number of benzene rings is 2. The van der Waals surface area contributed by atoms with Crippen LogP contribution in [0.15, 0.2) is 54.6 Å². The van der Waals surface area contributed by atoms with E-state index >= 15 is 0 Å². The quantitative estimate of drug-likeness (QED) is 0.573. The zero-order valence-corrected chi connectivity index (χ0v) is 13.9. The number of nitrogens with zero attached hydrogens (tertiary/aromatic N) is 2. The molecule has 3 aromatic rings. The van der Waals surface area contributed by atoms with E-state index in [0.29, 0.717) is 13.0 Å². The van der Waals surface area contributed by atoms with E-state index in [2.05, 4.69) is 11.1 Å². The van der Waals surface area contributed by atoms with Crippen LogP contribution < -0.4 is 0 Å².